The van der Waals surface area contributed by atoms with Gasteiger partial charge < -0.3 is 24.8 Å². The van der Waals surface area contributed by atoms with Gasteiger partial charge in [0.25, 0.3) is 5.91 Å². The summed E-state index contributed by atoms with van der Waals surface area (Å²) in [7, 11) is 4.62. The second-order valence-corrected chi connectivity index (χ2v) is 6.72. The van der Waals surface area contributed by atoms with E-state index in [0.717, 1.165) is 13.0 Å². The van der Waals surface area contributed by atoms with E-state index in [1.165, 1.54) is 13.5 Å². The van der Waals surface area contributed by atoms with Crippen LogP contribution < -0.4 is 24.8 Å². The fraction of sp³-hybridized carbons (Fsp3) is 0.611. The Kier molecular flexibility index (Phi) is 5.94. The van der Waals surface area contributed by atoms with Crippen LogP contribution in [0.3, 0.4) is 0 Å². The Hall–Kier alpha value is -1.95. The molecule has 0 aliphatic carbocycles. The molecule has 1 aliphatic heterocycles. The fourth-order valence-electron chi connectivity index (χ4n) is 3.12. The van der Waals surface area contributed by atoms with Crippen molar-refractivity contribution in [3.8, 4) is 17.2 Å². The largest absolute Gasteiger partial charge is 0.496 e. The van der Waals surface area contributed by atoms with E-state index in [1.807, 2.05) is 0 Å². The molecule has 2 rings (SSSR count). The quantitative estimate of drug-likeness (QED) is 0.834. The molecule has 1 aromatic carbocycles. The van der Waals surface area contributed by atoms with Gasteiger partial charge in [-0.1, -0.05) is 13.8 Å². The van der Waals surface area contributed by atoms with Crippen molar-refractivity contribution in [2.24, 2.45) is 5.41 Å². The normalized spacial score (nSPS) is 19.5. The summed E-state index contributed by atoms with van der Waals surface area (Å²) in [6, 6.07) is 3.56. The number of rotatable bonds is 6. The van der Waals surface area contributed by atoms with Crippen LogP contribution in [-0.4, -0.2) is 46.4 Å². The number of nitrogens with one attached hydrogen (secondary N) is 2. The van der Waals surface area contributed by atoms with E-state index in [-0.39, 0.29) is 17.4 Å². The van der Waals surface area contributed by atoms with Crippen LogP contribution in [0.1, 0.15) is 37.0 Å². The summed E-state index contributed by atoms with van der Waals surface area (Å²) in [6.07, 6.45) is 2.32. The van der Waals surface area contributed by atoms with Crippen LogP contribution in [0, 0.1) is 5.41 Å². The standard InChI is InChI=1S/C18H28N2O4/c1-18(2)7-6-8-19-16(18)11-20-17(21)12-9-14(23-4)15(24-5)10-13(12)22-3/h9-10,16,19H,6-8,11H2,1-5H3,(H,20,21). The van der Waals surface area contributed by atoms with Crippen molar-refractivity contribution in [2.45, 2.75) is 32.7 Å². The van der Waals surface area contributed by atoms with E-state index >= 15 is 0 Å². The monoisotopic (exact) mass is 336 g/mol. The molecule has 24 heavy (non-hydrogen) atoms. The maximum Gasteiger partial charge on any atom is 0.255 e. The van der Waals surface area contributed by atoms with E-state index in [1.54, 1.807) is 26.4 Å². The molecule has 0 aromatic heterocycles. The Morgan fingerprint density at radius 3 is 2.38 bits per heavy atom. The molecule has 1 aliphatic rings. The number of hydrogen-bond donors (Lipinski definition) is 2. The maximum absolute atomic E-state index is 12.6. The zero-order valence-electron chi connectivity index (χ0n) is 15.2. The summed E-state index contributed by atoms with van der Waals surface area (Å²) in [5.74, 6) is 1.30. The number of hydrogen-bond acceptors (Lipinski definition) is 5. The third kappa shape index (κ3) is 3.93. The molecule has 0 saturated carbocycles. The lowest BCUT2D eigenvalue weighted by Gasteiger charge is -2.39. The lowest BCUT2D eigenvalue weighted by molar-refractivity contribution is 0.0925. The number of methoxy groups -OCH3 is 3. The highest BCUT2D eigenvalue weighted by Gasteiger charge is 2.32. The molecule has 1 fully saturated rings. The van der Waals surface area contributed by atoms with Gasteiger partial charge in [-0.25, -0.2) is 0 Å². The fourth-order valence-corrected chi connectivity index (χ4v) is 3.12. The van der Waals surface area contributed by atoms with Gasteiger partial charge in [-0.2, -0.15) is 0 Å². The third-order valence-electron chi connectivity index (χ3n) is 4.75. The molecule has 1 amide bonds. The minimum atomic E-state index is -0.184. The predicted octanol–water partition coefficient (Wildman–Crippen LogP) is 2.22. The average Bonchev–Trinajstić information content (AvgIpc) is 2.58. The Bertz CT molecular complexity index is 587. The first-order chi connectivity index (χ1) is 11.4. The van der Waals surface area contributed by atoms with Crippen LogP contribution in [-0.2, 0) is 0 Å². The van der Waals surface area contributed by atoms with Gasteiger partial charge in [0.1, 0.15) is 5.75 Å². The molecule has 1 heterocycles. The van der Waals surface area contributed by atoms with Gasteiger partial charge >= 0.3 is 0 Å². The van der Waals surface area contributed by atoms with Crippen LogP contribution in [0.4, 0.5) is 0 Å². The van der Waals surface area contributed by atoms with Crippen molar-refractivity contribution in [2.75, 3.05) is 34.4 Å². The number of amides is 1. The number of piperidine rings is 1. The Balaban J connectivity index is 2.14. The third-order valence-corrected chi connectivity index (χ3v) is 4.75. The van der Waals surface area contributed by atoms with E-state index in [0.29, 0.717) is 29.4 Å². The summed E-state index contributed by atoms with van der Waals surface area (Å²) in [5, 5.41) is 6.50. The predicted molar refractivity (Wildman–Crippen MR) is 93.2 cm³/mol. The van der Waals surface area contributed by atoms with Gasteiger partial charge in [-0.3, -0.25) is 4.79 Å². The second kappa shape index (κ2) is 7.75. The van der Waals surface area contributed by atoms with Gasteiger partial charge in [0.05, 0.1) is 26.9 Å². The highest BCUT2D eigenvalue weighted by molar-refractivity contribution is 5.97. The molecular weight excluding hydrogens is 308 g/mol. The number of ether oxygens (including phenoxy) is 3. The molecular formula is C18H28N2O4. The second-order valence-electron chi connectivity index (χ2n) is 6.72. The Morgan fingerprint density at radius 2 is 1.79 bits per heavy atom. The van der Waals surface area contributed by atoms with Crippen LogP contribution in [0.25, 0.3) is 0 Å². The molecule has 1 unspecified atom stereocenters. The first-order valence-corrected chi connectivity index (χ1v) is 8.24. The van der Waals surface area contributed by atoms with Gasteiger partial charge in [0, 0.05) is 24.7 Å². The lowest BCUT2D eigenvalue weighted by atomic mass is 9.77. The van der Waals surface area contributed by atoms with Gasteiger partial charge in [0.2, 0.25) is 0 Å². The summed E-state index contributed by atoms with van der Waals surface area (Å²) < 4.78 is 15.9. The van der Waals surface area contributed by atoms with Gasteiger partial charge in [-0.05, 0) is 24.8 Å². The minimum absolute atomic E-state index is 0.160. The average molecular weight is 336 g/mol. The summed E-state index contributed by atoms with van der Waals surface area (Å²) >= 11 is 0. The molecule has 134 valence electrons. The van der Waals surface area contributed by atoms with Crippen molar-refractivity contribution >= 4 is 5.91 Å². The molecule has 6 heteroatoms. The highest BCUT2D eigenvalue weighted by atomic mass is 16.5. The van der Waals surface area contributed by atoms with E-state index in [4.69, 9.17) is 14.2 Å². The molecule has 1 atom stereocenters. The maximum atomic E-state index is 12.6. The summed E-state index contributed by atoms with van der Waals surface area (Å²) in [6.45, 7) is 6.02. The first-order valence-electron chi connectivity index (χ1n) is 8.24. The van der Waals surface area contributed by atoms with Crippen molar-refractivity contribution in [3.05, 3.63) is 17.7 Å². The molecule has 0 bridgehead atoms. The van der Waals surface area contributed by atoms with Crippen LogP contribution >= 0.6 is 0 Å². The Labute approximate surface area is 143 Å². The molecule has 2 N–H and O–H groups in total. The van der Waals surface area contributed by atoms with Crippen molar-refractivity contribution < 1.29 is 19.0 Å². The molecule has 0 spiro atoms. The number of carbonyl (C=O) groups is 1. The van der Waals surface area contributed by atoms with Crippen LogP contribution in [0.15, 0.2) is 12.1 Å². The van der Waals surface area contributed by atoms with E-state index in [2.05, 4.69) is 24.5 Å². The van der Waals surface area contributed by atoms with Crippen molar-refractivity contribution in [3.63, 3.8) is 0 Å². The molecule has 1 saturated heterocycles. The molecule has 6 nitrogen and oxygen atoms in total. The van der Waals surface area contributed by atoms with E-state index < -0.39 is 0 Å². The Morgan fingerprint density at radius 1 is 1.17 bits per heavy atom. The summed E-state index contributed by atoms with van der Waals surface area (Å²) in [4.78, 5) is 12.6. The van der Waals surface area contributed by atoms with Crippen molar-refractivity contribution in [1.82, 2.24) is 10.6 Å². The smallest absolute Gasteiger partial charge is 0.255 e. The van der Waals surface area contributed by atoms with Gasteiger partial charge in [0.15, 0.2) is 11.5 Å². The molecule has 0 radical (unpaired) electrons. The number of benzene rings is 1. The van der Waals surface area contributed by atoms with Crippen LogP contribution in [0.5, 0.6) is 17.2 Å². The highest BCUT2D eigenvalue weighted by Crippen LogP contribution is 2.35. The minimum Gasteiger partial charge on any atom is -0.496 e. The van der Waals surface area contributed by atoms with Gasteiger partial charge in [-0.15, -0.1) is 0 Å². The SMILES string of the molecule is COc1cc(OC)c(C(=O)NCC2NCCCC2(C)C)cc1OC. The van der Waals surface area contributed by atoms with Crippen LogP contribution in [0.2, 0.25) is 0 Å². The zero-order chi connectivity index (χ0) is 17.7. The lowest BCUT2D eigenvalue weighted by Crippen LogP contribution is -2.52. The number of carbonyl (C=O) groups excluding carboxylic acids is 1. The molecule has 1 aromatic rings. The van der Waals surface area contributed by atoms with Crippen molar-refractivity contribution in [1.29, 1.82) is 0 Å². The summed E-state index contributed by atoms with van der Waals surface area (Å²) in [5.41, 5.74) is 0.594. The first kappa shape index (κ1) is 18.4. The topological polar surface area (TPSA) is 68.8 Å². The van der Waals surface area contributed by atoms with E-state index in [9.17, 15) is 4.79 Å². The zero-order valence-corrected chi connectivity index (χ0v) is 15.2.